The Balaban J connectivity index is 2.12. The molecular weight excluding hydrogens is 267 g/mol. The lowest BCUT2D eigenvalue weighted by Crippen LogP contribution is -2.00. The van der Waals surface area contributed by atoms with Gasteiger partial charge in [-0.25, -0.2) is 0 Å². The summed E-state index contributed by atoms with van der Waals surface area (Å²) < 4.78 is 0. The molecule has 0 saturated heterocycles. The molecule has 0 aliphatic carbocycles. The van der Waals surface area contributed by atoms with Gasteiger partial charge in [0.2, 0.25) is 0 Å². The second kappa shape index (κ2) is 5.77. The summed E-state index contributed by atoms with van der Waals surface area (Å²) in [7, 11) is 0. The minimum atomic E-state index is 0.459. The average molecular weight is 277 g/mol. The van der Waals surface area contributed by atoms with Crippen LogP contribution in [0.3, 0.4) is 0 Å². The number of rotatable bonds is 3. The first-order valence-electron chi connectivity index (χ1n) is 5.37. The maximum absolute atomic E-state index is 8.89. The van der Waals surface area contributed by atoms with Crippen molar-refractivity contribution in [3.05, 3.63) is 63.6 Å². The van der Waals surface area contributed by atoms with Crippen LogP contribution in [-0.2, 0) is 6.54 Å². The number of hydrogen-bond donors (Lipinski definition) is 1. The summed E-state index contributed by atoms with van der Waals surface area (Å²) in [5, 5.41) is 13.3. The van der Waals surface area contributed by atoms with Crippen molar-refractivity contribution >= 4 is 28.9 Å². The van der Waals surface area contributed by atoms with E-state index in [2.05, 4.69) is 5.32 Å². The lowest BCUT2D eigenvalue weighted by Gasteiger charge is -2.08. The van der Waals surface area contributed by atoms with Gasteiger partial charge in [-0.1, -0.05) is 41.4 Å². The second-order valence-corrected chi connectivity index (χ2v) is 4.57. The molecule has 0 heterocycles. The lowest BCUT2D eigenvalue weighted by atomic mass is 10.2. The maximum Gasteiger partial charge on any atom is 0.101 e. The maximum atomic E-state index is 8.89. The molecule has 0 fully saturated rings. The zero-order chi connectivity index (χ0) is 13.0. The molecule has 1 N–H and O–H groups in total. The topological polar surface area (TPSA) is 35.8 Å². The van der Waals surface area contributed by atoms with Gasteiger partial charge >= 0.3 is 0 Å². The van der Waals surface area contributed by atoms with Gasteiger partial charge in [0.1, 0.15) is 6.07 Å². The fourth-order valence-corrected chi connectivity index (χ4v) is 1.92. The highest BCUT2D eigenvalue weighted by molar-refractivity contribution is 6.32. The number of benzene rings is 2. The van der Waals surface area contributed by atoms with Crippen molar-refractivity contribution in [1.29, 1.82) is 5.26 Å². The third kappa shape index (κ3) is 2.95. The van der Waals surface area contributed by atoms with E-state index in [1.54, 1.807) is 12.1 Å². The Morgan fingerprint density at radius 3 is 2.56 bits per heavy atom. The molecule has 0 aliphatic heterocycles. The van der Waals surface area contributed by atoms with Gasteiger partial charge in [-0.3, -0.25) is 0 Å². The molecule has 0 aliphatic rings. The van der Waals surface area contributed by atoms with Crippen molar-refractivity contribution in [2.75, 3.05) is 5.32 Å². The van der Waals surface area contributed by atoms with Gasteiger partial charge in [0.25, 0.3) is 0 Å². The highest BCUT2D eigenvalue weighted by atomic mass is 35.5. The fourth-order valence-electron chi connectivity index (χ4n) is 1.56. The smallest absolute Gasteiger partial charge is 0.101 e. The Morgan fingerprint density at radius 2 is 1.83 bits per heavy atom. The molecule has 2 aromatic carbocycles. The fraction of sp³-hybridized carbons (Fsp3) is 0.0714. The van der Waals surface area contributed by atoms with E-state index in [4.69, 9.17) is 28.5 Å². The minimum Gasteiger partial charge on any atom is -0.381 e. The van der Waals surface area contributed by atoms with Crippen LogP contribution in [0.1, 0.15) is 11.1 Å². The van der Waals surface area contributed by atoms with Crippen LogP contribution < -0.4 is 5.32 Å². The van der Waals surface area contributed by atoms with E-state index >= 15 is 0 Å². The summed E-state index contributed by atoms with van der Waals surface area (Å²) in [6.45, 7) is 0.603. The van der Waals surface area contributed by atoms with Crippen molar-refractivity contribution < 1.29 is 0 Å². The number of nitriles is 1. The summed E-state index contributed by atoms with van der Waals surface area (Å²) in [5.74, 6) is 0. The first kappa shape index (κ1) is 12.8. The Hall–Kier alpha value is -1.69. The molecule has 4 heteroatoms. The Labute approximate surface area is 116 Å². The molecule has 0 aromatic heterocycles. The quantitative estimate of drug-likeness (QED) is 0.898. The monoisotopic (exact) mass is 276 g/mol. The van der Waals surface area contributed by atoms with E-state index in [1.165, 1.54) is 0 Å². The van der Waals surface area contributed by atoms with Gasteiger partial charge < -0.3 is 5.32 Å². The Kier molecular flexibility index (Phi) is 4.09. The number of anilines is 1. The van der Waals surface area contributed by atoms with Crippen LogP contribution in [0, 0.1) is 11.3 Å². The molecule has 90 valence electrons. The van der Waals surface area contributed by atoms with E-state index in [1.807, 2.05) is 36.4 Å². The van der Waals surface area contributed by atoms with Gasteiger partial charge in [-0.15, -0.1) is 0 Å². The van der Waals surface area contributed by atoms with Crippen LogP contribution in [0.15, 0.2) is 42.5 Å². The van der Waals surface area contributed by atoms with Gasteiger partial charge in [-0.2, -0.15) is 5.26 Å². The lowest BCUT2D eigenvalue weighted by molar-refractivity contribution is 1.15. The van der Waals surface area contributed by atoms with Crippen LogP contribution in [0.5, 0.6) is 0 Å². The van der Waals surface area contributed by atoms with E-state index in [0.717, 1.165) is 16.3 Å². The second-order valence-electron chi connectivity index (χ2n) is 3.75. The molecule has 18 heavy (non-hydrogen) atoms. The van der Waals surface area contributed by atoms with Gasteiger partial charge in [0, 0.05) is 17.3 Å². The minimum absolute atomic E-state index is 0.459. The summed E-state index contributed by atoms with van der Waals surface area (Å²) in [5.41, 5.74) is 2.31. The molecule has 2 aromatic rings. The van der Waals surface area contributed by atoms with E-state index in [-0.39, 0.29) is 0 Å². The number of halogens is 2. The largest absolute Gasteiger partial charge is 0.381 e. The predicted molar refractivity (Wildman–Crippen MR) is 74.9 cm³/mol. The highest BCUT2D eigenvalue weighted by Crippen LogP contribution is 2.21. The SMILES string of the molecule is N#Cc1cc(NCc2ccccc2Cl)ccc1Cl. The van der Waals surface area contributed by atoms with Crippen molar-refractivity contribution in [3.63, 3.8) is 0 Å². The van der Waals surface area contributed by atoms with Crippen molar-refractivity contribution in [2.45, 2.75) is 6.54 Å². The zero-order valence-electron chi connectivity index (χ0n) is 9.45. The van der Waals surface area contributed by atoms with Crippen molar-refractivity contribution in [3.8, 4) is 6.07 Å². The first-order valence-corrected chi connectivity index (χ1v) is 6.13. The standard InChI is InChI=1S/C14H10Cl2N2/c15-13-4-2-1-3-10(13)9-18-12-5-6-14(16)11(7-12)8-17/h1-7,18H,9H2. The van der Waals surface area contributed by atoms with E-state index in [9.17, 15) is 0 Å². The Bertz CT molecular complexity index is 603. The van der Waals surface area contributed by atoms with Crippen LogP contribution in [-0.4, -0.2) is 0 Å². The van der Waals surface area contributed by atoms with Crippen molar-refractivity contribution in [2.24, 2.45) is 0 Å². The average Bonchev–Trinajstić information content (AvgIpc) is 2.39. The molecule has 0 atom stereocenters. The van der Waals surface area contributed by atoms with E-state index < -0.39 is 0 Å². The molecular formula is C14H10Cl2N2. The highest BCUT2D eigenvalue weighted by Gasteiger charge is 2.02. The van der Waals surface area contributed by atoms with Crippen molar-refractivity contribution in [1.82, 2.24) is 0 Å². The zero-order valence-corrected chi connectivity index (χ0v) is 11.0. The third-order valence-electron chi connectivity index (χ3n) is 2.53. The molecule has 2 nitrogen and oxygen atoms in total. The number of nitrogens with one attached hydrogen (secondary N) is 1. The number of hydrogen-bond acceptors (Lipinski definition) is 2. The van der Waals surface area contributed by atoms with Crippen LogP contribution in [0.4, 0.5) is 5.69 Å². The Morgan fingerprint density at radius 1 is 1.06 bits per heavy atom. The summed E-state index contributed by atoms with van der Waals surface area (Å²) in [6, 6.07) is 14.9. The molecule has 0 amide bonds. The molecule has 2 rings (SSSR count). The third-order valence-corrected chi connectivity index (χ3v) is 3.23. The molecule has 0 saturated carbocycles. The van der Waals surface area contributed by atoms with Gasteiger partial charge in [-0.05, 0) is 29.8 Å². The van der Waals surface area contributed by atoms with Gasteiger partial charge in [0.15, 0.2) is 0 Å². The normalized spacial score (nSPS) is 9.83. The molecule has 0 radical (unpaired) electrons. The van der Waals surface area contributed by atoms with Gasteiger partial charge in [0.05, 0.1) is 10.6 Å². The van der Waals surface area contributed by atoms with Crippen LogP contribution >= 0.6 is 23.2 Å². The summed E-state index contributed by atoms with van der Waals surface area (Å²) in [4.78, 5) is 0. The molecule has 0 bridgehead atoms. The van der Waals surface area contributed by atoms with Crippen LogP contribution in [0.2, 0.25) is 10.0 Å². The van der Waals surface area contributed by atoms with E-state index in [0.29, 0.717) is 17.1 Å². The molecule has 0 unspecified atom stereocenters. The summed E-state index contributed by atoms with van der Waals surface area (Å²) >= 11 is 11.9. The number of nitrogens with zero attached hydrogens (tertiary/aromatic N) is 1. The summed E-state index contributed by atoms with van der Waals surface area (Å²) in [6.07, 6.45) is 0. The van der Waals surface area contributed by atoms with Crippen LogP contribution in [0.25, 0.3) is 0 Å². The first-order chi connectivity index (χ1) is 8.70. The molecule has 0 spiro atoms. The predicted octanol–water partition coefficient (Wildman–Crippen LogP) is 4.48.